The van der Waals surface area contributed by atoms with Crippen LogP contribution in [0.3, 0.4) is 0 Å². The molecular formula is C17H17N5O. The highest BCUT2D eigenvalue weighted by atomic mass is 16.1. The topological polar surface area (TPSA) is 83.6 Å². The SMILES string of the molecule is O=c1cc(-c2ccncc2)nc(NCCCc2ccncc2)[nH]1. The molecule has 0 radical (unpaired) electrons. The van der Waals surface area contributed by atoms with Gasteiger partial charge in [0.15, 0.2) is 0 Å². The van der Waals surface area contributed by atoms with E-state index in [9.17, 15) is 4.79 Å². The lowest BCUT2D eigenvalue weighted by molar-refractivity contribution is 0.850. The molecule has 0 spiro atoms. The van der Waals surface area contributed by atoms with Crippen molar-refractivity contribution in [1.29, 1.82) is 0 Å². The fourth-order valence-electron chi connectivity index (χ4n) is 2.26. The van der Waals surface area contributed by atoms with Gasteiger partial charge in [-0.2, -0.15) is 0 Å². The highest BCUT2D eigenvalue weighted by Crippen LogP contribution is 2.14. The number of hydrogen-bond acceptors (Lipinski definition) is 5. The molecule has 6 nitrogen and oxygen atoms in total. The van der Waals surface area contributed by atoms with Crippen LogP contribution in [0, 0.1) is 0 Å². The first-order valence-electron chi connectivity index (χ1n) is 7.46. The van der Waals surface area contributed by atoms with Crippen molar-refractivity contribution in [2.24, 2.45) is 0 Å². The van der Waals surface area contributed by atoms with Crippen LogP contribution in [-0.4, -0.2) is 26.5 Å². The molecule has 0 aliphatic carbocycles. The van der Waals surface area contributed by atoms with E-state index in [1.54, 1.807) is 24.8 Å². The molecule has 0 fully saturated rings. The quantitative estimate of drug-likeness (QED) is 0.683. The minimum atomic E-state index is -0.177. The smallest absolute Gasteiger partial charge is 0.252 e. The van der Waals surface area contributed by atoms with Crippen LogP contribution in [0.1, 0.15) is 12.0 Å². The molecule has 0 bridgehead atoms. The van der Waals surface area contributed by atoms with Gasteiger partial charge in [-0.25, -0.2) is 4.98 Å². The van der Waals surface area contributed by atoms with Crippen molar-refractivity contribution >= 4 is 5.95 Å². The Labute approximate surface area is 133 Å². The van der Waals surface area contributed by atoms with E-state index in [-0.39, 0.29) is 5.56 Å². The molecule has 0 aliphatic rings. The average molecular weight is 307 g/mol. The van der Waals surface area contributed by atoms with Gasteiger partial charge in [-0.1, -0.05) is 0 Å². The highest BCUT2D eigenvalue weighted by Gasteiger charge is 2.03. The zero-order chi connectivity index (χ0) is 15.9. The first-order valence-corrected chi connectivity index (χ1v) is 7.46. The summed E-state index contributed by atoms with van der Waals surface area (Å²) >= 11 is 0. The first-order chi connectivity index (χ1) is 11.3. The maximum atomic E-state index is 11.8. The number of aryl methyl sites for hydroxylation is 1. The summed E-state index contributed by atoms with van der Waals surface area (Å²) in [5.74, 6) is 0.485. The fourth-order valence-corrected chi connectivity index (χ4v) is 2.26. The summed E-state index contributed by atoms with van der Waals surface area (Å²) in [6.07, 6.45) is 8.83. The van der Waals surface area contributed by atoms with E-state index in [0.29, 0.717) is 11.6 Å². The monoisotopic (exact) mass is 307 g/mol. The third kappa shape index (κ3) is 4.23. The summed E-state index contributed by atoms with van der Waals surface area (Å²) in [6, 6.07) is 9.15. The van der Waals surface area contributed by atoms with Crippen molar-refractivity contribution < 1.29 is 0 Å². The van der Waals surface area contributed by atoms with E-state index in [1.165, 1.54) is 11.6 Å². The zero-order valence-electron chi connectivity index (χ0n) is 12.6. The Morgan fingerprint density at radius 1 is 1.00 bits per heavy atom. The minimum absolute atomic E-state index is 0.177. The van der Waals surface area contributed by atoms with Crippen molar-refractivity contribution in [3.63, 3.8) is 0 Å². The van der Waals surface area contributed by atoms with Gasteiger partial charge in [0.25, 0.3) is 5.56 Å². The highest BCUT2D eigenvalue weighted by molar-refractivity contribution is 5.58. The number of hydrogen-bond donors (Lipinski definition) is 2. The van der Waals surface area contributed by atoms with Gasteiger partial charge in [0.1, 0.15) is 0 Å². The predicted molar refractivity (Wildman–Crippen MR) is 89.1 cm³/mol. The number of H-pyrrole nitrogens is 1. The Morgan fingerprint density at radius 2 is 1.70 bits per heavy atom. The summed E-state index contributed by atoms with van der Waals surface area (Å²) in [5.41, 5.74) is 2.57. The van der Waals surface area contributed by atoms with Crippen LogP contribution in [0.5, 0.6) is 0 Å². The lowest BCUT2D eigenvalue weighted by Gasteiger charge is -2.07. The van der Waals surface area contributed by atoms with Crippen LogP contribution in [0.25, 0.3) is 11.3 Å². The molecule has 3 rings (SSSR count). The van der Waals surface area contributed by atoms with Gasteiger partial charge < -0.3 is 5.32 Å². The molecule has 3 aromatic heterocycles. The number of pyridine rings is 2. The normalized spacial score (nSPS) is 10.4. The molecule has 0 aliphatic heterocycles. The predicted octanol–water partition coefficient (Wildman–Crippen LogP) is 2.27. The Hall–Kier alpha value is -3.02. The molecule has 0 unspecified atom stereocenters. The first kappa shape index (κ1) is 14.9. The number of rotatable bonds is 6. The lowest BCUT2D eigenvalue weighted by atomic mass is 10.1. The largest absolute Gasteiger partial charge is 0.356 e. The molecule has 0 saturated heterocycles. The molecular weight excluding hydrogens is 290 g/mol. The number of aromatic amines is 1. The molecule has 0 atom stereocenters. The summed E-state index contributed by atoms with van der Waals surface area (Å²) in [7, 11) is 0. The van der Waals surface area contributed by atoms with Crippen molar-refractivity contribution in [2.45, 2.75) is 12.8 Å². The maximum Gasteiger partial charge on any atom is 0.252 e. The van der Waals surface area contributed by atoms with Gasteiger partial charge >= 0.3 is 0 Å². The van der Waals surface area contributed by atoms with Crippen molar-refractivity contribution in [3.05, 3.63) is 71.0 Å². The van der Waals surface area contributed by atoms with E-state index < -0.39 is 0 Å². The van der Waals surface area contributed by atoms with Crippen molar-refractivity contribution in [3.8, 4) is 11.3 Å². The van der Waals surface area contributed by atoms with Crippen LogP contribution < -0.4 is 10.9 Å². The zero-order valence-corrected chi connectivity index (χ0v) is 12.6. The summed E-state index contributed by atoms with van der Waals surface area (Å²) in [4.78, 5) is 26.9. The number of nitrogens with one attached hydrogen (secondary N) is 2. The third-order valence-corrected chi connectivity index (χ3v) is 3.40. The fraction of sp³-hybridized carbons (Fsp3) is 0.176. The van der Waals surface area contributed by atoms with E-state index in [0.717, 1.165) is 24.9 Å². The number of nitrogens with zero attached hydrogens (tertiary/aromatic N) is 3. The minimum Gasteiger partial charge on any atom is -0.356 e. The van der Waals surface area contributed by atoms with Gasteiger partial charge in [-0.15, -0.1) is 0 Å². The van der Waals surface area contributed by atoms with E-state index in [1.807, 2.05) is 24.3 Å². The van der Waals surface area contributed by atoms with Gasteiger partial charge in [0, 0.05) is 43.0 Å². The number of anilines is 1. The van der Waals surface area contributed by atoms with Gasteiger partial charge in [-0.3, -0.25) is 19.7 Å². The van der Waals surface area contributed by atoms with E-state index in [2.05, 4.69) is 25.3 Å². The van der Waals surface area contributed by atoms with Crippen molar-refractivity contribution in [1.82, 2.24) is 19.9 Å². The van der Waals surface area contributed by atoms with Gasteiger partial charge in [-0.05, 0) is 42.7 Å². The van der Waals surface area contributed by atoms with Gasteiger partial charge in [0.2, 0.25) is 5.95 Å². The molecule has 116 valence electrons. The molecule has 6 heteroatoms. The Bertz CT molecular complexity index is 802. The standard InChI is InChI=1S/C17H17N5O/c23-16-12-15(14-5-10-19-11-6-14)21-17(22-16)20-7-1-2-13-3-8-18-9-4-13/h3-6,8-12H,1-2,7H2,(H2,20,21,22,23). The van der Waals surface area contributed by atoms with E-state index >= 15 is 0 Å². The number of aromatic nitrogens is 4. The maximum absolute atomic E-state index is 11.8. The van der Waals surface area contributed by atoms with Crippen LogP contribution in [-0.2, 0) is 6.42 Å². The molecule has 2 N–H and O–H groups in total. The Balaban J connectivity index is 1.62. The second kappa shape index (κ2) is 7.31. The average Bonchev–Trinajstić information content (AvgIpc) is 2.60. The van der Waals surface area contributed by atoms with Crippen LogP contribution >= 0.6 is 0 Å². The van der Waals surface area contributed by atoms with Crippen LogP contribution in [0.4, 0.5) is 5.95 Å². The second-order valence-electron chi connectivity index (χ2n) is 5.10. The van der Waals surface area contributed by atoms with Crippen LogP contribution in [0.15, 0.2) is 59.9 Å². The summed E-state index contributed by atoms with van der Waals surface area (Å²) < 4.78 is 0. The molecule has 3 aromatic rings. The van der Waals surface area contributed by atoms with Gasteiger partial charge in [0.05, 0.1) is 5.69 Å². The van der Waals surface area contributed by atoms with Crippen LogP contribution in [0.2, 0.25) is 0 Å². The lowest BCUT2D eigenvalue weighted by Crippen LogP contribution is -2.14. The third-order valence-electron chi connectivity index (χ3n) is 3.40. The summed E-state index contributed by atoms with van der Waals surface area (Å²) in [5, 5.41) is 3.17. The molecule has 3 heterocycles. The molecule has 0 aromatic carbocycles. The van der Waals surface area contributed by atoms with Crippen molar-refractivity contribution in [2.75, 3.05) is 11.9 Å². The molecule has 23 heavy (non-hydrogen) atoms. The Morgan fingerprint density at radius 3 is 2.43 bits per heavy atom. The van der Waals surface area contributed by atoms with E-state index in [4.69, 9.17) is 0 Å². The Kier molecular flexibility index (Phi) is 4.73. The molecule has 0 amide bonds. The second-order valence-corrected chi connectivity index (χ2v) is 5.10. The summed E-state index contributed by atoms with van der Waals surface area (Å²) in [6.45, 7) is 0.727. The molecule has 0 saturated carbocycles.